The molecule has 1 aliphatic rings. The number of aliphatic hydroxyl groups is 5. The number of unbranched alkanes of at least 4 members (excludes halogenated alkanes) is 32. The predicted octanol–water partition coefficient (Wildman–Crippen LogP) is 14.1. The van der Waals surface area contributed by atoms with Crippen LogP contribution in [-0.2, 0) is 23.8 Å². The van der Waals surface area contributed by atoms with E-state index in [1.165, 1.54) is 135 Å². The van der Waals surface area contributed by atoms with Gasteiger partial charge in [0, 0.05) is 6.42 Å². The second kappa shape index (κ2) is 50.4. The van der Waals surface area contributed by atoms with Gasteiger partial charge in [-0.25, -0.2) is 0 Å². The zero-order valence-electron chi connectivity index (χ0n) is 47.0. The smallest absolute Gasteiger partial charge is 0.306 e. The summed E-state index contributed by atoms with van der Waals surface area (Å²) in [4.78, 5) is 26.5. The van der Waals surface area contributed by atoms with E-state index in [1.54, 1.807) is 6.08 Å². The standard InChI is InChI=1S/C62H113NO10/c1-4-7-10-13-16-19-22-24-26-27-28-30-31-34-37-40-43-46-49-55(66)61(70)63-53(54(65)48-45-42-39-36-33-21-18-15-12-9-6-3)52-71-62-60(59(69)58(68)56(51-64)72-62)73-57(67)50-47-44-41-38-35-32-29-25-23-20-17-14-11-8-5-2/h17,20,23-26,45,48,53-56,58-60,62,64-66,68-69H,4-16,18-19,21-22,27-44,46-47,49-52H2,1-3H3,(H,63,70)/b20-17+,25-23+,26-24+,48-45+. The Morgan fingerprint density at radius 2 is 0.945 bits per heavy atom. The van der Waals surface area contributed by atoms with Crippen molar-refractivity contribution in [3.05, 3.63) is 48.6 Å². The van der Waals surface area contributed by atoms with Crippen LogP contribution in [0.1, 0.15) is 271 Å². The number of allylic oxidation sites excluding steroid dienone is 7. The third-order valence-electron chi connectivity index (χ3n) is 14.2. The van der Waals surface area contributed by atoms with Gasteiger partial charge in [-0.05, 0) is 77.0 Å². The molecule has 1 amide bonds. The van der Waals surface area contributed by atoms with Crippen molar-refractivity contribution in [3.8, 4) is 0 Å². The number of hydrogen-bond acceptors (Lipinski definition) is 10. The van der Waals surface area contributed by atoms with E-state index in [0.29, 0.717) is 12.8 Å². The zero-order chi connectivity index (χ0) is 53.3. The molecule has 1 heterocycles. The number of ether oxygens (including phenoxy) is 3. The Labute approximate surface area is 446 Å². The zero-order valence-corrected chi connectivity index (χ0v) is 47.0. The van der Waals surface area contributed by atoms with Gasteiger partial charge in [-0.3, -0.25) is 9.59 Å². The molecule has 8 unspecified atom stereocenters. The summed E-state index contributed by atoms with van der Waals surface area (Å²) in [5.74, 6) is -1.21. The van der Waals surface area contributed by atoms with Crippen LogP contribution in [0.2, 0.25) is 0 Å². The van der Waals surface area contributed by atoms with Crippen molar-refractivity contribution in [2.45, 2.75) is 320 Å². The highest BCUT2D eigenvalue weighted by atomic mass is 16.7. The van der Waals surface area contributed by atoms with Gasteiger partial charge in [0.2, 0.25) is 5.91 Å². The average molecular weight is 1030 g/mol. The molecule has 0 aromatic carbocycles. The van der Waals surface area contributed by atoms with Gasteiger partial charge in [0.1, 0.15) is 24.4 Å². The van der Waals surface area contributed by atoms with Crippen molar-refractivity contribution < 1.29 is 49.3 Å². The lowest BCUT2D eigenvalue weighted by Gasteiger charge is -2.41. The maximum absolute atomic E-state index is 13.4. The molecule has 0 radical (unpaired) electrons. The lowest BCUT2D eigenvalue weighted by atomic mass is 9.99. The van der Waals surface area contributed by atoms with Gasteiger partial charge >= 0.3 is 5.97 Å². The largest absolute Gasteiger partial charge is 0.454 e. The Balaban J connectivity index is 2.69. The average Bonchev–Trinajstić information content (AvgIpc) is 3.39. The minimum Gasteiger partial charge on any atom is -0.454 e. The van der Waals surface area contributed by atoms with Crippen LogP contribution in [0.25, 0.3) is 0 Å². The van der Waals surface area contributed by atoms with E-state index >= 15 is 0 Å². The normalized spacial score (nSPS) is 19.7. The van der Waals surface area contributed by atoms with E-state index in [4.69, 9.17) is 14.2 Å². The molecule has 73 heavy (non-hydrogen) atoms. The number of amides is 1. The molecule has 8 atom stereocenters. The summed E-state index contributed by atoms with van der Waals surface area (Å²) in [7, 11) is 0. The molecular weight excluding hydrogens is 919 g/mol. The summed E-state index contributed by atoms with van der Waals surface area (Å²) in [6, 6.07) is -1.03. The van der Waals surface area contributed by atoms with Crippen LogP contribution >= 0.6 is 0 Å². The maximum Gasteiger partial charge on any atom is 0.306 e. The molecule has 6 N–H and O–H groups in total. The SMILES string of the molecule is CCCCC/C=C/C=C/CCCCCCCCC(=O)OC1C(OCC(NC(=O)C(O)CCCCCCCCCC/C=C/CCCCCCCC)C(O)/C=C/CCCCCCCCCCC)OC(CO)C(O)C1O. The van der Waals surface area contributed by atoms with Gasteiger partial charge < -0.3 is 45.1 Å². The summed E-state index contributed by atoms with van der Waals surface area (Å²) in [5, 5.41) is 56.9. The maximum atomic E-state index is 13.4. The monoisotopic (exact) mass is 1030 g/mol. The number of rotatable bonds is 51. The second-order valence-electron chi connectivity index (χ2n) is 21.1. The molecule has 0 aromatic heterocycles. The first-order valence-corrected chi connectivity index (χ1v) is 30.4. The molecule has 11 nitrogen and oxygen atoms in total. The summed E-state index contributed by atoms with van der Waals surface area (Å²) >= 11 is 0. The fourth-order valence-corrected chi connectivity index (χ4v) is 9.34. The van der Waals surface area contributed by atoms with E-state index in [2.05, 4.69) is 62.5 Å². The first kappa shape index (κ1) is 68.6. The van der Waals surface area contributed by atoms with Crippen molar-refractivity contribution in [3.63, 3.8) is 0 Å². The molecule has 1 rings (SSSR count). The van der Waals surface area contributed by atoms with E-state index < -0.39 is 67.4 Å². The van der Waals surface area contributed by atoms with Gasteiger partial charge in [0.05, 0.1) is 25.4 Å². The minimum absolute atomic E-state index is 0.110. The Bertz CT molecular complexity index is 1370. The number of carbonyl (C=O) groups is 2. The fourth-order valence-electron chi connectivity index (χ4n) is 9.34. The first-order chi connectivity index (χ1) is 35.7. The van der Waals surface area contributed by atoms with E-state index in [-0.39, 0.29) is 19.4 Å². The third kappa shape index (κ3) is 38.8. The molecule has 1 saturated heterocycles. The molecule has 0 aromatic rings. The van der Waals surface area contributed by atoms with Crippen molar-refractivity contribution in [2.75, 3.05) is 13.2 Å². The van der Waals surface area contributed by atoms with Gasteiger partial charge in [0.25, 0.3) is 0 Å². The van der Waals surface area contributed by atoms with E-state index in [1.807, 2.05) is 6.08 Å². The van der Waals surface area contributed by atoms with Crippen molar-refractivity contribution in [2.24, 2.45) is 0 Å². The summed E-state index contributed by atoms with van der Waals surface area (Å²) in [6.45, 7) is 5.74. The Morgan fingerprint density at radius 1 is 0.534 bits per heavy atom. The molecule has 0 spiro atoms. The molecule has 426 valence electrons. The van der Waals surface area contributed by atoms with Gasteiger partial charge in [-0.1, -0.05) is 236 Å². The molecular formula is C62H113NO10. The number of nitrogens with one attached hydrogen (secondary N) is 1. The van der Waals surface area contributed by atoms with Gasteiger partial charge in [-0.15, -0.1) is 0 Å². The summed E-state index contributed by atoms with van der Waals surface area (Å²) in [6.07, 6.45) is 50.0. The number of aliphatic hydroxyl groups excluding tert-OH is 5. The Morgan fingerprint density at radius 3 is 1.44 bits per heavy atom. The predicted molar refractivity (Wildman–Crippen MR) is 301 cm³/mol. The third-order valence-corrected chi connectivity index (χ3v) is 14.2. The topological polar surface area (TPSA) is 175 Å². The van der Waals surface area contributed by atoms with Crippen LogP contribution in [0.3, 0.4) is 0 Å². The minimum atomic E-state index is -1.62. The highest BCUT2D eigenvalue weighted by Gasteiger charge is 2.47. The quantitative estimate of drug-likeness (QED) is 0.0149. The van der Waals surface area contributed by atoms with Crippen LogP contribution in [0.4, 0.5) is 0 Å². The second-order valence-corrected chi connectivity index (χ2v) is 21.1. The number of hydrogen-bond donors (Lipinski definition) is 6. The lowest BCUT2D eigenvalue weighted by Crippen LogP contribution is -2.61. The number of esters is 1. The molecule has 11 heteroatoms. The van der Waals surface area contributed by atoms with Gasteiger partial charge in [0.15, 0.2) is 12.4 Å². The molecule has 1 aliphatic heterocycles. The molecule has 1 fully saturated rings. The summed E-state index contributed by atoms with van der Waals surface area (Å²) in [5.41, 5.74) is 0. The van der Waals surface area contributed by atoms with Crippen molar-refractivity contribution in [1.29, 1.82) is 0 Å². The van der Waals surface area contributed by atoms with Gasteiger partial charge in [-0.2, -0.15) is 0 Å². The van der Waals surface area contributed by atoms with Crippen LogP contribution in [0.15, 0.2) is 48.6 Å². The van der Waals surface area contributed by atoms with Crippen LogP contribution < -0.4 is 5.32 Å². The van der Waals surface area contributed by atoms with Crippen LogP contribution in [0.5, 0.6) is 0 Å². The Kier molecular flexibility index (Phi) is 47.4. The lowest BCUT2D eigenvalue weighted by molar-refractivity contribution is -0.305. The highest BCUT2D eigenvalue weighted by molar-refractivity contribution is 5.80. The number of carbonyl (C=O) groups excluding carboxylic acids is 2. The van der Waals surface area contributed by atoms with E-state index in [9.17, 15) is 35.1 Å². The highest BCUT2D eigenvalue weighted by Crippen LogP contribution is 2.26. The van der Waals surface area contributed by atoms with Crippen LogP contribution in [-0.4, -0.2) is 99.6 Å². The van der Waals surface area contributed by atoms with Crippen LogP contribution in [0, 0.1) is 0 Å². The van der Waals surface area contributed by atoms with Crippen molar-refractivity contribution >= 4 is 11.9 Å². The molecule has 0 aliphatic carbocycles. The fraction of sp³-hybridized carbons (Fsp3) is 0.839. The Hall–Kier alpha value is -2.38. The summed E-state index contributed by atoms with van der Waals surface area (Å²) < 4.78 is 17.6. The first-order valence-electron chi connectivity index (χ1n) is 30.4. The van der Waals surface area contributed by atoms with Crippen molar-refractivity contribution in [1.82, 2.24) is 5.32 Å². The van der Waals surface area contributed by atoms with E-state index in [0.717, 1.165) is 89.9 Å². The molecule has 0 saturated carbocycles. The molecule has 0 bridgehead atoms.